The highest BCUT2D eigenvalue weighted by atomic mass is 32.2. The summed E-state index contributed by atoms with van der Waals surface area (Å²) in [5.41, 5.74) is -0.0935. The quantitative estimate of drug-likeness (QED) is 0.135. The van der Waals surface area contributed by atoms with Crippen molar-refractivity contribution in [1.82, 2.24) is 0 Å². The van der Waals surface area contributed by atoms with Gasteiger partial charge in [0.25, 0.3) is 0 Å². The number of halogens is 4. The van der Waals surface area contributed by atoms with E-state index in [9.17, 15) is 22.4 Å². The maximum absolute atomic E-state index is 14.7. The zero-order chi connectivity index (χ0) is 26.7. The molecule has 3 aromatic carbocycles. The summed E-state index contributed by atoms with van der Waals surface area (Å²) in [4.78, 5) is 15.7. The number of anilines is 1. The Morgan fingerprint density at radius 2 is 1.58 bits per heavy atom. The third-order valence-corrected chi connectivity index (χ3v) is 8.61. The van der Waals surface area contributed by atoms with E-state index >= 15 is 0 Å². The number of amides is 1. The van der Waals surface area contributed by atoms with Crippen molar-refractivity contribution >= 4 is 23.5 Å². The smallest absolute Gasteiger partial charge is 0.415 e. The molecule has 3 aromatic rings. The molecule has 38 heavy (non-hydrogen) atoms. The third-order valence-electron chi connectivity index (χ3n) is 7.62. The van der Waals surface area contributed by atoms with Crippen LogP contribution in [0, 0.1) is 29.2 Å². The van der Waals surface area contributed by atoms with E-state index in [0.717, 1.165) is 59.7 Å². The lowest BCUT2D eigenvalue weighted by Gasteiger charge is -2.52. The topological polar surface area (TPSA) is 29.5 Å². The fraction of sp³-hybridized carbons (Fsp3) is 0.345. The van der Waals surface area contributed by atoms with Gasteiger partial charge in [0.1, 0.15) is 12.4 Å². The number of hydrogen-bond acceptors (Lipinski definition) is 3. The van der Waals surface area contributed by atoms with Crippen molar-refractivity contribution in [3.63, 3.8) is 0 Å². The number of para-hydroxylation sites is 1. The molecule has 0 aromatic heterocycles. The molecule has 1 unspecified atom stereocenters. The Bertz CT molecular complexity index is 1260. The molecule has 1 atom stereocenters. The number of hydrogen-bond donors (Lipinski definition) is 0. The molecule has 0 saturated carbocycles. The lowest BCUT2D eigenvalue weighted by molar-refractivity contribution is -0.943. The van der Waals surface area contributed by atoms with Crippen molar-refractivity contribution in [2.75, 3.05) is 36.8 Å². The Morgan fingerprint density at radius 1 is 0.921 bits per heavy atom. The van der Waals surface area contributed by atoms with Gasteiger partial charge >= 0.3 is 6.09 Å². The fourth-order valence-electron chi connectivity index (χ4n) is 5.54. The summed E-state index contributed by atoms with van der Waals surface area (Å²) >= 11 is 1.81. The van der Waals surface area contributed by atoms with Crippen molar-refractivity contribution in [2.45, 2.75) is 30.4 Å². The van der Waals surface area contributed by atoms with Crippen molar-refractivity contribution in [3.05, 3.63) is 95.6 Å². The minimum atomic E-state index is -1.60. The summed E-state index contributed by atoms with van der Waals surface area (Å²) in [5.74, 6) is -3.87. The van der Waals surface area contributed by atoms with Gasteiger partial charge in [-0.25, -0.2) is 22.4 Å². The number of ether oxygens (including phenoxy) is 1. The highest BCUT2D eigenvalue weighted by Crippen LogP contribution is 2.37. The Labute approximate surface area is 223 Å². The second-order valence-electron chi connectivity index (χ2n) is 10.0. The van der Waals surface area contributed by atoms with Gasteiger partial charge in [-0.3, -0.25) is 4.90 Å². The van der Waals surface area contributed by atoms with Crippen LogP contribution < -0.4 is 4.90 Å². The van der Waals surface area contributed by atoms with Gasteiger partial charge in [-0.15, -0.1) is 11.8 Å². The molecule has 3 heterocycles. The third kappa shape index (κ3) is 5.83. The number of piperidine rings is 3. The normalized spacial score (nSPS) is 22.3. The van der Waals surface area contributed by atoms with Crippen LogP contribution in [0.2, 0.25) is 0 Å². The van der Waals surface area contributed by atoms with Crippen LogP contribution in [0.25, 0.3) is 0 Å². The number of thioether (sulfide) groups is 1. The van der Waals surface area contributed by atoms with Gasteiger partial charge in [0, 0.05) is 29.4 Å². The maximum Gasteiger partial charge on any atom is 0.415 e. The summed E-state index contributed by atoms with van der Waals surface area (Å²) in [6, 6.07) is 17.5. The molecule has 0 aliphatic carbocycles. The van der Waals surface area contributed by atoms with Gasteiger partial charge in [0.15, 0.2) is 23.6 Å². The molecule has 3 aliphatic rings. The average molecular weight is 546 g/mol. The number of nitrogens with zero attached hydrogens (tertiary/aromatic N) is 2. The first kappa shape index (κ1) is 26.6. The van der Waals surface area contributed by atoms with E-state index in [-0.39, 0.29) is 29.8 Å². The summed E-state index contributed by atoms with van der Waals surface area (Å²) in [7, 11) is 0. The zero-order valence-corrected chi connectivity index (χ0v) is 21.6. The highest BCUT2D eigenvalue weighted by molar-refractivity contribution is 7.99. The molecule has 3 saturated heterocycles. The summed E-state index contributed by atoms with van der Waals surface area (Å²) in [6.07, 6.45) is 0.725. The molecule has 1 amide bonds. The van der Waals surface area contributed by atoms with E-state index in [1.807, 2.05) is 30.0 Å². The second kappa shape index (κ2) is 11.4. The maximum atomic E-state index is 14.7. The molecule has 0 spiro atoms. The van der Waals surface area contributed by atoms with E-state index in [0.29, 0.717) is 6.54 Å². The summed E-state index contributed by atoms with van der Waals surface area (Å²) in [5, 5.41) is 0. The predicted octanol–water partition coefficient (Wildman–Crippen LogP) is 6.79. The van der Waals surface area contributed by atoms with Crippen LogP contribution in [0.1, 0.15) is 18.4 Å². The second-order valence-corrected chi connectivity index (χ2v) is 11.2. The molecule has 0 N–H and O–H groups in total. The van der Waals surface area contributed by atoms with E-state index < -0.39 is 29.4 Å². The van der Waals surface area contributed by atoms with Gasteiger partial charge in [0.2, 0.25) is 0 Å². The molecular formula is C29H29F4N2O2S+. The molecule has 3 aliphatic heterocycles. The minimum Gasteiger partial charge on any atom is -0.440 e. The predicted molar refractivity (Wildman–Crippen MR) is 139 cm³/mol. The van der Waals surface area contributed by atoms with E-state index in [4.69, 9.17) is 4.74 Å². The zero-order valence-electron chi connectivity index (χ0n) is 20.8. The molecule has 200 valence electrons. The van der Waals surface area contributed by atoms with Gasteiger partial charge in [-0.2, -0.15) is 0 Å². The van der Waals surface area contributed by atoms with Gasteiger partial charge < -0.3 is 9.22 Å². The van der Waals surface area contributed by atoms with Gasteiger partial charge in [0.05, 0.1) is 31.9 Å². The van der Waals surface area contributed by atoms with Crippen LogP contribution in [-0.4, -0.2) is 48.6 Å². The van der Waals surface area contributed by atoms with Crippen molar-refractivity contribution in [2.24, 2.45) is 5.92 Å². The highest BCUT2D eigenvalue weighted by Gasteiger charge is 2.47. The van der Waals surface area contributed by atoms with Crippen molar-refractivity contribution in [1.29, 1.82) is 0 Å². The standard InChI is InChI=1S/C29H29F4N2O2S/c30-23-8-4-5-9-26(23)34(18-20-16-24(31)28(33)25(32)17-20)29(36)37-27-19-35(12-10-21(27)11-13-35)14-15-38-22-6-2-1-3-7-22/h1-9,16-17,21,27H,10-15,18-19H2/q+1. The van der Waals surface area contributed by atoms with Crippen LogP contribution in [0.5, 0.6) is 0 Å². The molecule has 3 fully saturated rings. The number of benzene rings is 3. The Morgan fingerprint density at radius 3 is 2.26 bits per heavy atom. The molecule has 9 heteroatoms. The first-order valence-corrected chi connectivity index (χ1v) is 13.7. The first-order chi connectivity index (χ1) is 18.3. The van der Waals surface area contributed by atoms with E-state index in [2.05, 4.69) is 12.1 Å². The van der Waals surface area contributed by atoms with Crippen molar-refractivity contribution in [3.8, 4) is 0 Å². The molecule has 6 rings (SSSR count). The molecule has 0 radical (unpaired) electrons. The van der Waals surface area contributed by atoms with Gasteiger partial charge in [-0.05, 0) is 42.0 Å². The van der Waals surface area contributed by atoms with Crippen LogP contribution in [0.4, 0.5) is 28.0 Å². The average Bonchev–Trinajstić information content (AvgIpc) is 2.92. The van der Waals surface area contributed by atoms with Crippen molar-refractivity contribution < 1.29 is 31.6 Å². The fourth-order valence-corrected chi connectivity index (χ4v) is 6.60. The van der Waals surface area contributed by atoms with Gasteiger partial charge in [-0.1, -0.05) is 30.3 Å². The van der Waals surface area contributed by atoms with Crippen LogP contribution >= 0.6 is 11.8 Å². The summed E-state index contributed by atoms with van der Waals surface area (Å²) < 4.78 is 62.8. The molecule has 2 bridgehead atoms. The molecule has 4 nitrogen and oxygen atoms in total. The SMILES string of the molecule is O=C(OC1C[N+]2(CCSc3ccccc3)CCC1CC2)N(Cc1cc(F)c(F)c(F)c1)c1ccccc1F. The number of carbonyl (C=O) groups excluding carboxylic acids is 1. The van der Waals surface area contributed by atoms with E-state index in [1.165, 1.54) is 23.1 Å². The largest absolute Gasteiger partial charge is 0.440 e. The Hall–Kier alpha value is -3.04. The number of quaternary nitrogens is 1. The minimum absolute atomic E-state index is 0.0167. The lowest BCUT2D eigenvalue weighted by Crippen LogP contribution is -2.65. The lowest BCUT2D eigenvalue weighted by atomic mass is 9.83. The first-order valence-electron chi connectivity index (χ1n) is 12.7. The van der Waals surface area contributed by atoms with E-state index in [1.54, 1.807) is 6.07 Å². The van der Waals surface area contributed by atoms with Crippen LogP contribution in [0.3, 0.4) is 0 Å². The monoisotopic (exact) mass is 545 g/mol. The summed E-state index contributed by atoms with van der Waals surface area (Å²) in [6.45, 7) is 3.31. The number of rotatable bonds is 8. The Balaban J connectivity index is 1.31. The number of carbonyl (C=O) groups is 1. The molecular weight excluding hydrogens is 516 g/mol. The van der Waals surface area contributed by atoms with Crippen LogP contribution in [0.15, 0.2) is 71.6 Å². The Kier molecular flexibility index (Phi) is 7.95. The van der Waals surface area contributed by atoms with Crippen LogP contribution in [-0.2, 0) is 11.3 Å². The number of fused-ring (bicyclic) bond motifs is 3.